The molecule has 1 heterocycles. The Kier molecular flexibility index (Phi) is 2.06. The minimum atomic E-state index is -0.109. The van der Waals surface area contributed by atoms with Crippen LogP contribution in [0, 0.1) is 0 Å². The zero-order valence-corrected chi connectivity index (χ0v) is 6.30. The molecule has 0 fully saturated rings. The van der Waals surface area contributed by atoms with E-state index in [4.69, 9.17) is 11.6 Å². The van der Waals surface area contributed by atoms with Crippen LogP contribution in [0.15, 0.2) is 17.1 Å². The molecule has 0 amide bonds. The quantitative estimate of drug-likeness (QED) is 0.570. The van der Waals surface area contributed by atoms with Crippen molar-refractivity contribution in [1.82, 2.24) is 9.55 Å². The third-order valence-corrected chi connectivity index (χ3v) is 1.50. The van der Waals surface area contributed by atoms with Gasteiger partial charge in [-0.2, -0.15) is 0 Å². The van der Waals surface area contributed by atoms with Crippen LogP contribution in [0.1, 0.15) is 6.92 Å². The summed E-state index contributed by atoms with van der Waals surface area (Å²) in [6, 6.07) is 1.38. The second-order valence-electron chi connectivity index (χ2n) is 1.80. The van der Waals surface area contributed by atoms with Crippen LogP contribution < -0.4 is 5.56 Å². The van der Waals surface area contributed by atoms with E-state index in [-0.39, 0.29) is 10.8 Å². The molecule has 0 atom stereocenters. The Morgan fingerprint density at radius 2 is 2.50 bits per heavy atom. The molecule has 0 aliphatic heterocycles. The second-order valence-corrected chi connectivity index (χ2v) is 2.13. The lowest BCUT2D eigenvalue weighted by molar-refractivity contribution is 0.708. The molecule has 0 aromatic carbocycles. The summed E-state index contributed by atoms with van der Waals surface area (Å²) in [4.78, 5) is 14.6. The minimum Gasteiger partial charge on any atom is -0.284 e. The van der Waals surface area contributed by atoms with Gasteiger partial charge in [0.25, 0.3) is 5.56 Å². The highest BCUT2D eigenvalue weighted by Crippen LogP contribution is 1.97. The van der Waals surface area contributed by atoms with Crippen LogP contribution in [0.2, 0.25) is 5.28 Å². The Morgan fingerprint density at radius 3 is 2.90 bits per heavy atom. The summed E-state index contributed by atoms with van der Waals surface area (Å²) < 4.78 is 1.39. The molecule has 1 aromatic heterocycles. The topological polar surface area (TPSA) is 34.9 Å². The lowest BCUT2D eigenvalue weighted by Gasteiger charge is -2.00. The van der Waals surface area contributed by atoms with Gasteiger partial charge in [0.05, 0.1) is 0 Å². The van der Waals surface area contributed by atoms with Gasteiger partial charge in [-0.3, -0.25) is 9.36 Å². The highest BCUT2D eigenvalue weighted by Gasteiger charge is 1.96. The molecule has 10 heavy (non-hydrogen) atoms. The van der Waals surface area contributed by atoms with Crippen LogP contribution in [0.3, 0.4) is 0 Å². The predicted octanol–water partition coefficient (Wildman–Crippen LogP) is 0.917. The molecule has 0 aliphatic carbocycles. The Morgan fingerprint density at radius 1 is 1.80 bits per heavy atom. The SMILES string of the molecule is CCn1c(Cl)nccc1=O. The first kappa shape index (κ1) is 7.28. The van der Waals surface area contributed by atoms with Crippen molar-refractivity contribution >= 4 is 11.6 Å². The molecular weight excluding hydrogens is 152 g/mol. The largest absolute Gasteiger partial charge is 0.284 e. The van der Waals surface area contributed by atoms with Crippen molar-refractivity contribution in [2.75, 3.05) is 0 Å². The molecule has 0 unspecified atom stereocenters. The molecule has 0 saturated heterocycles. The smallest absolute Gasteiger partial charge is 0.254 e. The summed E-state index contributed by atoms with van der Waals surface area (Å²) >= 11 is 5.58. The normalized spacial score (nSPS) is 9.80. The van der Waals surface area contributed by atoms with E-state index >= 15 is 0 Å². The molecule has 0 N–H and O–H groups in total. The summed E-state index contributed by atoms with van der Waals surface area (Å²) in [5.74, 6) is 0. The fourth-order valence-electron chi connectivity index (χ4n) is 0.699. The first-order valence-corrected chi connectivity index (χ1v) is 3.35. The number of aromatic nitrogens is 2. The van der Waals surface area contributed by atoms with Crippen LogP contribution in [0.25, 0.3) is 0 Å². The first-order chi connectivity index (χ1) is 4.75. The molecule has 54 valence electrons. The number of nitrogens with zero attached hydrogens (tertiary/aromatic N) is 2. The van der Waals surface area contributed by atoms with E-state index < -0.39 is 0 Å². The predicted molar refractivity (Wildman–Crippen MR) is 39.2 cm³/mol. The van der Waals surface area contributed by atoms with Gasteiger partial charge in [-0.15, -0.1) is 0 Å². The summed E-state index contributed by atoms with van der Waals surface area (Å²) in [5, 5.41) is 0.245. The maximum Gasteiger partial charge on any atom is 0.254 e. The maximum atomic E-state index is 10.9. The van der Waals surface area contributed by atoms with Crippen molar-refractivity contribution in [3.8, 4) is 0 Å². The number of halogens is 1. The van der Waals surface area contributed by atoms with Crippen LogP contribution in [0.4, 0.5) is 0 Å². The average molecular weight is 159 g/mol. The van der Waals surface area contributed by atoms with Crippen molar-refractivity contribution in [3.05, 3.63) is 27.9 Å². The summed E-state index contributed by atoms with van der Waals surface area (Å²) in [6.45, 7) is 2.40. The van der Waals surface area contributed by atoms with Crippen molar-refractivity contribution in [3.63, 3.8) is 0 Å². The fraction of sp³-hybridized carbons (Fsp3) is 0.333. The summed E-state index contributed by atoms with van der Waals surface area (Å²) in [6.07, 6.45) is 1.40. The van der Waals surface area contributed by atoms with E-state index in [0.717, 1.165) is 0 Å². The van der Waals surface area contributed by atoms with E-state index in [9.17, 15) is 4.79 Å². The lowest BCUT2D eigenvalue weighted by Crippen LogP contribution is -2.18. The van der Waals surface area contributed by atoms with Crippen molar-refractivity contribution < 1.29 is 0 Å². The molecule has 0 bridgehead atoms. The van der Waals surface area contributed by atoms with Crippen LogP contribution >= 0.6 is 11.6 Å². The van der Waals surface area contributed by atoms with E-state index in [1.54, 1.807) is 0 Å². The molecule has 1 aromatic rings. The Hall–Kier alpha value is -0.830. The van der Waals surface area contributed by atoms with Crippen molar-refractivity contribution in [2.24, 2.45) is 0 Å². The van der Waals surface area contributed by atoms with Gasteiger partial charge < -0.3 is 0 Å². The minimum absolute atomic E-state index is 0.109. The first-order valence-electron chi connectivity index (χ1n) is 2.97. The van der Waals surface area contributed by atoms with Gasteiger partial charge >= 0.3 is 0 Å². The van der Waals surface area contributed by atoms with Gasteiger partial charge in [0.15, 0.2) is 0 Å². The van der Waals surface area contributed by atoms with E-state index in [1.165, 1.54) is 16.8 Å². The Bertz CT molecular complexity index is 281. The average Bonchev–Trinajstić information content (AvgIpc) is 1.88. The van der Waals surface area contributed by atoms with Gasteiger partial charge in [-0.25, -0.2) is 4.98 Å². The second kappa shape index (κ2) is 2.84. The Balaban J connectivity index is 3.31. The molecule has 0 spiro atoms. The zero-order chi connectivity index (χ0) is 7.56. The van der Waals surface area contributed by atoms with Crippen molar-refractivity contribution in [1.29, 1.82) is 0 Å². The van der Waals surface area contributed by atoms with Gasteiger partial charge in [0, 0.05) is 18.8 Å². The Labute approximate surface area is 63.3 Å². The molecule has 1 rings (SSSR count). The van der Waals surface area contributed by atoms with E-state index in [2.05, 4.69) is 4.98 Å². The third-order valence-electron chi connectivity index (χ3n) is 1.20. The number of rotatable bonds is 1. The van der Waals surface area contributed by atoms with Crippen LogP contribution in [-0.4, -0.2) is 9.55 Å². The highest BCUT2D eigenvalue weighted by molar-refractivity contribution is 6.28. The van der Waals surface area contributed by atoms with E-state index in [0.29, 0.717) is 6.54 Å². The standard InChI is InChI=1S/C6H7ClN2O/c1-2-9-5(10)3-4-8-6(9)7/h3-4H,2H2,1H3. The summed E-state index contributed by atoms with van der Waals surface area (Å²) in [5.41, 5.74) is -0.109. The molecule has 3 nitrogen and oxygen atoms in total. The monoisotopic (exact) mass is 158 g/mol. The van der Waals surface area contributed by atoms with Crippen molar-refractivity contribution in [2.45, 2.75) is 13.5 Å². The van der Waals surface area contributed by atoms with E-state index in [1.807, 2.05) is 6.92 Å². The van der Waals surface area contributed by atoms with Crippen LogP contribution in [0.5, 0.6) is 0 Å². The zero-order valence-electron chi connectivity index (χ0n) is 5.54. The summed E-state index contributed by atoms with van der Waals surface area (Å²) in [7, 11) is 0. The third kappa shape index (κ3) is 1.19. The van der Waals surface area contributed by atoms with Gasteiger partial charge in [-0.1, -0.05) is 0 Å². The van der Waals surface area contributed by atoms with Gasteiger partial charge in [0.1, 0.15) is 0 Å². The number of hydrogen-bond acceptors (Lipinski definition) is 2. The molecule has 4 heteroatoms. The van der Waals surface area contributed by atoms with Crippen LogP contribution in [-0.2, 0) is 6.54 Å². The molecule has 0 radical (unpaired) electrons. The highest BCUT2D eigenvalue weighted by atomic mass is 35.5. The fourth-order valence-corrected chi connectivity index (χ4v) is 0.959. The van der Waals surface area contributed by atoms with Gasteiger partial charge in [-0.05, 0) is 18.5 Å². The number of hydrogen-bond donors (Lipinski definition) is 0. The maximum absolute atomic E-state index is 10.9. The molecule has 0 saturated carbocycles. The molecule has 0 aliphatic rings. The molecular formula is C6H7ClN2O. The van der Waals surface area contributed by atoms with Gasteiger partial charge in [0.2, 0.25) is 5.28 Å². The lowest BCUT2D eigenvalue weighted by atomic mass is 10.6.